The third-order valence-electron chi connectivity index (χ3n) is 6.88. The number of hydrogen-bond acceptors (Lipinski definition) is 5. The van der Waals surface area contributed by atoms with Crippen molar-refractivity contribution in [2.24, 2.45) is 29.1 Å². The van der Waals surface area contributed by atoms with Gasteiger partial charge in [-0.1, -0.05) is 13.8 Å². The minimum absolute atomic E-state index is 0.000323. The molecule has 0 radical (unpaired) electrons. The molecule has 0 amide bonds. The Morgan fingerprint density at radius 3 is 2.83 bits per heavy atom. The number of aliphatic hydroxyl groups is 2. The van der Waals surface area contributed by atoms with Gasteiger partial charge in [-0.3, -0.25) is 4.79 Å². The van der Waals surface area contributed by atoms with Crippen molar-refractivity contribution in [3.8, 4) is 0 Å². The lowest BCUT2D eigenvalue weighted by atomic mass is 9.68. The number of likely N-dealkylation sites (N-methyl/N-ethyl adjacent to an activating group) is 1. The van der Waals surface area contributed by atoms with Crippen LogP contribution in [0.1, 0.15) is 39.5 Å². The van der Waals surface area contributed by atoms with Crippen molar-refractivity contribution < 1.29 is 19.7 Å². The van der Waals surface area contributed by atoms with E-state index < -0.39 is 0 Å². The van der Waals surface area contributed by atoms with Crippen LogP contribution in [0, 0.1) is 29.1 Å². The lowest BCUT2D eigenvalue weighted by Gasteiger charge is -2.37. The predicted molar refractivity (Wildman–Crippen MR) is 86.7 cm³/mol. The number of esters is 1. The van der Waals surface area contributed by atoms with E-state index in [0.29, 0.717) is 24.9 Å². The lowest BCUT2D eigenvalue weighted by molar-refractivity contribution is -0.145. The quantitative estimate of drug-likeness (QED) is 0.762. The van der Waals surface area contributed by atoms with E-state index in [1.54, 1.807) is 0 Å². The molecule has 2 aliphatic carbocycles. The molecule has 2 N–H and O–H groups in total. The third-order valence-corrected chi connectivity index (χ3v) is 6.88. The molecule has 3 rings (SSSR count). The van der Waals surface area contributed by atoms with Gasteiger partial charge in [-0.15, -0.1) is 0 Å². The van der Waals surface area contributed by atoms with Crippen molar-refractivity contribution >= 4 is 5.97 Å². The average Bonchev–Trinajstić information content (AvgIpc) is 2.87. The molecule has 1 saturated heterocycles. The van der Waals surface area contributed by atoms with Gasteiger partial charge in [0.05, 0.1) is 18.6 Å². The second kappa shape index (κ2) is 6.34. The first-order valence-corrected chi connectivity index (χ1v) is 9.04. The zero-order chi connectivity index (χ0) is 16.8. The van der Waals surface area contributed by atoms with Crippen molar-refractivity contribution in [1.29, 1.82) is 0 Å². The first kappa shape index (κ1) is 17.2. The summed E-state index contributed by atoms with van der Waals surface area (Å²) in [5, 5.41) is 19.7. The van der Waals surface area contributed by atoms with Gasteiger partial charge in [-0.05, 0) is 50.0 Å². The number of ether oxygens (including phenoxy) is 1. The highest BCUT2D eigenvalue weighted by atomic mass is 16.6. The van der Waals surface area contributed by atoms with Gasteiger partial charge in [-0.25, -0.2) is 0 Å². The Morgan fingerprint density at radius 2 is 2.13 bits per heavy atom. The van der Waals surface area contributed by atoms with Crippen molar-refractivity contribution in [2.75, 3.05) is 26.7 Å². The SMILES string of the molecule is C[C@@H]1C[C@@H]2OC(=O)[C@@H](CN(C)CCO)[C@H]2C[C@]2(C)[C@@H](O)CC[C@@H]12. The molecule has 0 aromatic rings. The van der Waals surface area contributed by atoms with Gasteiger partial charge in [0.1, 0.15) is 6.10 Å². The molecule has 23 heavy (non-hydrogen) atoms. The number of rotatable bonds is 4. The molecule has 0 aromatic heterocycles. The van der Waals surface area contributed by atoms with Gasteiger partial charge in [0.2, 0.25) is 0 Å². The van der Waals surface area contributed by atoms with E-state index in [2.05, 4.69) is 13.8 Å². The highest BCUT2D eigenvalue weighted by molar-refractivity contribution is 5.75. The molecule has 3 aliphatic rings. The normalized spacial score (nSPS) is 46.4. The molecule has 3 fully saturated rings. The Labute approximate surface area is 139 Å². The van der Waals surface area contributed by atoms with Crippen molar-refractivity contribution in [1.82, 2.24) is 4.90 Å². The smallest absolute Gasteiger partial charge is 0.310 e. The first-order valence-electron chi connectivity index (χ1n) is 9.04. The van der Waals surface area contributed by atoms with E-state index in [-0.39, 0.29) is 42.0 Å². The minimum atomic E-state index is -0.264. The fraction of sp³-hybridized carbons (Fsp3) is 0.944. The minimum Gasteiger partial charge on any atom is -0.462 e. The van der Waals surface area contributed by atoms with Gasteiger partial charge in [-0.2, -0.15) is 0 Å². The van der Waals surface area contributed by atoms with Crippen LogP contribution in [-0.4, -0.2) is 60.0 Å². The second-order valence-corrected chi connectivity index (χ2v) is 8.35. The highest BCUT2D eigenvalue weighted by Crippen LogP contribution is 2.57. The van der Waals surface area contributed by atoms with Crippen LogP contribution in [0.3, 0.4) is 0 Å². The molecule has 7 atom stereocenters. The van der Waals surface area contributed by atoms with Crippen LogP contribution in [0.2, 0.25) is 0 Å². The summed E-state index contributed by atoms with van der Waals surface area (Å²) in [6.45, 7) is 5.77. The van der Waals surface area contributed by atoms with Crippen LogP contribution in [-0.2, 0) is 9.53 Å². The fourth-order valence-electron chi connectivity index (χ4n) is 5.57. The molecule has 132 valence electrons. The summed E-state index contributed by atoms with van der Waals surface area (Å²) in [6, 6.07) is 0. The summed E-state index contributed by atoms with van der Waals surface area (Å²) in [6.07, 6.45) is 3.49. The maximum atomic E-state index is 12.4. The number of carbonyl (C=O) groups excluding carboxylic acids is 1. The molecular weight excluding hydrogens is 294 g/mol. The summed E-state index contributed by atoms with van der Waals surface area (Å²) >= 11 is 0. The molecular formula is C18H31NO4. The Kier molecular flexibility index (Phi) is 4.73. The molecule has 1 heterocycles. The topological polar surface area (TPSA) is 70.0 Å². The third kappa shape index (κ3) is 2.92. The number of nitrogens with zero attached hydrogens (tertiary/aromatic N) is 1. The van der Waals surface area contributed by atoms with Crippen LogP contribution in [0.5, 0.6) is 0 Å². The van der Waals surface area contributed by atoms with E-state index >= 15 is 0 Å². The molecule has 0 aromatic carbocycles. The second-order valence-electron chi connectivity index (χ2n) is 8.35. The Balaban J connectivity index is 1.82. The number of fused-ring (bicyclic) bond motifs is 2. The predicted octanol–water partition coefficient (Wildman–Crippen LogP) is 1.28. The standard InChI is InChI=1S/C18H31NO4/c1-11-8-15-12(9-18(2)14(11)4-5-16(18)21)13(17(22)23-15)10-19(3)6-7-20/h11-16,20-21H,4-10H2,1-3H3/t11-,12-,13+,14+,15+,16+,18+/m1/s1. The molecule has 1 aliphatic heterocycles. The van der Waals surface area contributed by atoms with E-state index in [1.165, 1.54) is 0 Å². The van der Waals surface area contributed by atoms with Gasteiger partial charge in [0.25, 0.3) is 0 Å². The maximum Gasteiger partial charge on any atom is 0.310 e. The van der Waals surface area contributed by atoms with Gasteiger partial charge in [0, 0.05) is 19.0 Å². The summed E-state index contributed by atoms with van der Waals surface area (Å²) < 4.78 is 5.74. The van der Waals surface area contributed by atoms with E-state index in [4.69, 9.17) is 9.84 Å². The Bertz CT molecular complexity index is 456. The maximum absolute atomic E-state index is 12.4. The van der Waals surface area contributed by atoms with Gasteiger partial charge < -0.3 is 19.8 Å². The fourth-order valence-corrected chi connectivity index (χ4v) is 5.57. The highest BCUT2D eigenvalue weighted by Gasteiger charge is 2.57. The summed E-state index contributed by atoms with van der Waals surface area (Å²) in [4.78, 5) is 14.4. The first-order chi connectivity index (χ1) is 10.9. The van der Waals surface area contributed by atoms with E-state index in [1.807, 2.05) is 11.9 Å². The largest absolute Gasteiger partial charge is 0.462 e. The Hall–Kier alpha value is -0.650. The lowest BCUT2D eigenvalue weighted by Crippen LogP contribution is -2.39. The van der Waals surface area contributed by atoms with Gasteiger partial charge >= 0.3 is 5.97 Å². The van der Waals surface area contributed by atoms with Crippen LogP contribution in [0.15, 0.2) is 0 Å². The number of hydrogen-bond donors (Lipinski definition) is 2. The van der Waals surface area contributed by atoms with Crippen molar-refractivity contribution in [2.45, 2.75) is 51.7 Å². The molecule has 0 spiro atoms. The van der Waals surface area contributed by atoms with Crippen LogP contribution in [0.4, 0.5) is 0 Å². The van der Waals surface area contributed by atoms with Crippen molar-refractivity contribution in [3.63, 3.8) is 0 Å². The van der Waals surface area contributed by atoms with Crippen LogP contribution in [0.25, 0.3) is 0 Å². The summed E-state index contributed by atoms with van der Waals surface area (Å²) in [5.74, 6) is 0.971. The molecule has 5 nitrogen and oxygen atoms in total. The van der Waals surface area contributed by atoms with E-state index in [9.17, 15) is 9.90 Å². The zero-order valence-corrected chi connectivity index (χ0v) is 14.6. The molecule has 0 bridgehead atoms. The molecule has 5 heteroatoms. The van der Waals surface area contributed by atoms with Crippen molar-refractivity contribution in [3.05, 3.63) is 0 Å². The summed E-state index contributed by atoms with van der Waals surface area (Å²) in [7, 11) is 1.94. The zero-order valence-electron chi connectivity index (χ0n) is 14.6. The van der Waals surface area contributed by atoms with E-state index in [0.717, 1.165) is 25.7 Å². The number of aliphatic hydroxyl groups excluding tert-OH is 2. The van der Waals surface area contributed by atoms with Crippen LogP contribution >= 0.6 is 0 Å². The monoisotopic (exact) mass is 325 g/mol. The van der Waals surface area contributed by atoms with Gasteiger partial charge in [0.15, 0.2) is 0 Å². The average molecular weight is 325 g/mol. The van der Waals surface area contributed by atoms with Crippen LogP contribution < -0.4 is 0 Å². The molecule has 2 saturated carbocycles. The number of carbonyl (C=O) groups is 1. The molecule has 0 unspecified atom stereocenters. The Morgan fingerprint density at radius 1 is 1.39 bits per heavy atom. The summed E-state index contributed by atoms with van der Waals surface area (Å²) in [5.41, 5.74) is -0.0966.